The smallest absolute Gasteiger partial charge is 0.311 e. The van der Waals surface area contributed by atoms with Crippen molar-refractivity contribution in [1.29, 1.82) is 0 Å². The third-order valence-electron chi connectivity index (χ3n) is 7.41. The molecule has 15 nitrogen and oxygen atoms in total. The maximum Gasteiger partial charge on any atom is 0.311 e. The van der Waals surface area contributed by atoms with Gasteiger partial charge in [0, 0.05) is 46.2 Å². The van der Waals surface area contributed by atoms with Crippen LogP contribution in [0, 0.1) is 0 Å². The normalized spacial score (nSPS) is 20.0. The summed E-state index contributed by atoms with van der Waals surface area (Å²) in [6, 6.07) is 8.60. The average Bonchev–Trinajstić information content (AvgIpc) is 3.03. The minimum atomic E-state index is -1.59. The number of ether oxygens (including phenoxy) is 7. The number of aromatic hydroxyl groups is 1. The van der Waals surface area contributed by atoms with Crippen molar-refractivity contribution in [3.63, 3.8) is 0 Å². The van der Waals surface area contributed by atoms with Gasteiger partial charge in [-0.2, -0.15) is 0 Å². The lowest BCUT2D eigenvalue weighted by molar-refractivity contribution is -0.288. The van der Waals surface area contributed by atoms with Gasteiger partial charge in [-0.1, -0.05) is 31.9 Å². The highest BCUT2D eigenvalue weighted by Crippen LogP contribution is 2.35. The van der Waals surface area contributed by atoms with Crippen molar-refractivity contribution in [3.05, 3.63) is 52.9 Å². The molecule has 0 saturated carbocycles. The molecule has 2 heterocycles. The fourth-order valence-electron chi connectivity index (χ4n) is 5.30. The Morgan fingerprint density at radius 1 is 0.800 bits per heavy atom. The van der Waals surface area contributed by atoms with Gasteiger partial charge in [0.15, 0.2) is 12.2 Å². The molecule has 2 aromatic carbocycles. The van der Waals surface area contributed by atoms with E-state index in [-0.39, 0.29) is 28.3 Å². The minimum absolute atomic E-state index is 0.0861. The summed E-state index contributed by atoms with van der Waals surface area (Å²) in [5.74, 6) is -3.85. The van der Waals surface area contributed by atoms with Gasteiger partial charge in [-0.15, -0.1) is 0 Å². The Morgan fingerprint density at radius 3 is 2.06 bits per heavy atom. The van der Waals surface area contributed by atoms with Gasteiger partial charge in [-0.3, -0.25) is 28.8 Å². The summed E-state index contributed by atoms with van der Waals surface area (Å²) in [5, 5.41) is 10.8. The number of benzene rings is 2. The molecule has 0 unspecified atom stereocenters. The Balaban J connectivity index is 1.64. The highest BCUT2D eigenvalue weighted by Gasteiger charge is 2.53. The van der Waals surface area contributed by atoms with Gasteiger partial charge in [-0.05, 0) is 24.1 Å². The van der Waals surface area contributed by atoms with Gasteiger partial charge in [0.1, 0.15) is 47.2 Å². The molecule has 0 radical (unpaired) electrons. The second-order valence-electron chi connectivity index (χ2n) is 11.4. The second kappa shape index (κ2) is 16.8. The maximum absolute atomic E-state index is 13.5. The molecule has 1 aliphatic heterocycles. The first-order chi connectivity index (χ1) is 23.8. The standard InChI is InChI=1S/C35H38O15/c1-6-7-8-9-29(41)48-23-12-10-22(11-13-23)25-16-44-27-15-24(14-26(40)30(27)31(25)42)49-35-34(47-21(5)39)33(46-20(4)38)32(45-19(3)37)28(50-35)17-43-18(2)36/h10-16,28,32-35,40H,6-9,17H2,1-5H3/t28-,32-,33+,34-,35-/m1/s1. The Labute approximate surface area is 286 Å². The number of hydrogen-bond acceptors (Lipinski definition) is 15. The van der Waals surface area contributed by atoms with E-state index in [0.717, 1.165) is 53.0 Å². The van der Waals surface area contributed by atoms with Crippen LogP contribution in [0.3, 0.4) is 0 Å². The molecule has 0 spiro atoms. The van der Waals surface area contributed by atoms with Crippen LogP contribution >= 0.6 is 0 Å². The molecule has 268 valence electrons. The van der Waals surface area contributed by atoms with Crippen molar-refractivity contribution in [2.45, 2.75) is 91.0 Å². The van der Waals surface area contributed by atoms with Gasteiger partial charge < -0.3 is 42.7 Å². The monoisotopic (exact) mass is 698 g/mol. The summed E-state index contributed by atoms with van der Waals surface area (Å²) >= 11 is 0. The predicted molar refractivity (Wildman–Crippen MR) is 172 cm³/mol. The zero-order valence-corrected chi connectivity index (χ0v) is 28.1. The third kappa shape index (κ3) is 9.59. The number of esters is 5. The molecule has 1 fully saturated rings. The van der Waals surface area contributed by atoms with Crippen LogP contribution in [-0.2, 0) is 47.7 Å². The highest BCUT2D eigenvalue weighted by atomic mass is 16.7. The topological polar surface area (TPSA) is 200 Å². The number of unbranched alkanes of at least 4 members (excludes halogenated alkanes) is 2. The van der Waals surface area contributed by atoms with Gasteiger partial charge in [0.05, 0.1) is 5.56 Å². The predicted octanol–water partition coefficient (Wildman–Crippen LogP) is 4.11. The minimum Gasteiger partial charge on any atom is -0.507 e. The van der Waals surface area contributed by atoms with Gasteiger partial charge in [0.25, 0.3) is 0 Å². The van der Waals surface area contributed by atoms with Crippen LogP contribution in [0.25, 0.3) is 22.1 Å². The van der Waals surface area contributed by atoms with E-state index >= 15 is 0 Å². The molecule has 1 aliphatic rings. The lowest BCUT2D eigenvalue weighted by Crippen LogP contribution is -2.63. The van der Waals surface area contributed by atoms with E-state index in [1.165, 1.54) is 12.3 Å². The van der Waals surface area contributed by atoms with E-state index in [1.807, 2.05) is 6.92 Å². The summed E-state index contributed by atoms with van der Waals surface area (Å²) in [5.41, 5.74) is -0.116. The first kappa shape index (κ1) is 37.4. The largest absolute Gasteiger partial charge is 0.507 e. The van der Waals surface area contributed by atoms with Crippen LogP contribution in [-0.4, -0.2) is 72.3 Å². The van der Waals surface area contributed by atoms with E-state index in [1.54, 1.807) is 24.3 Å². The van der Waals surface area contributed by atoms with Gasteiger partial charge in [-0.25, -0.2) is 0 Å². The molecule has 1 N–H and O–H groups in total. The number of carbonyl (C=O) groups excluding carboxylic acids is 5. The molecular formula is C35H38O15. The molecule has 15 heteroatoms. The Kier molecular flexibility index (Phi) is 12.5. The molecule has 0 aliphatic carbocycles. The summed E-state index contributed by atoms with van der Waals surface area (Å²) in [6.07, 6.45) is -3.16. The van der Waals surface area contributed by atoms with Crippen molar-refractivity contribution in [2.75, 3.05) is 6.61 Å². The molecule has 50 heavy (non-hydrogen) atoms. The van der Waals surface area contributed by atoms with Crippen LogP contribution in [0.2, 0.25) is 0 Å². The molecule has 5 atom stereocenters. The summed E-state index contributed by atoms with van der Waals surface area (Å²) < 4.78 is 44.2. The summed E-state index contributed by atoms with van der Waals surface area (Å²) in [4.78, 5) is 73.4. The van der Waals surface area contributed by atoms with Crippen LogP contribution in [0.4, 0.5) is 0 Å². The van der Waals surface area contributed by atoms with Crippen molar-refractivity contribution < 1.29 is 66.7 Å². The van der Waals surface area contributed by atoms with E-state index in [9.17, 15) is 33.9 Å². The number of fused-ring (bicyclic) bond motifs is 1. The first-order valence-corrected chi connectivity index (χ1v) is 15.8. The number of phenolic OH excluding ortho intramolecular Hbond substituents is 1. The molecule has 1 saturated heterocycles. The SMILES string of the molecule is CCCCCC(=O)Oc1ccc(-c2coc3cc(O[C@@H]4O[C@H](COC(C)=O)[C@@H](OC(C)=O)[C@H](OC(C)=O)[C@H]4OC(C)=O)cc(O)c3c2=O)cc1. The average molecular weight is 699 g/mol. The van der Waals surface area contributed by atoms with Gasteiger partial charge in [0.2, 0.25) is 17.8 Å². The van der Waals surface area contributed by atoms with Crippen molar-refractivity contribution in [2.24, 2.45) is 0 Å². The van der Waals surface area contributed by atoms with E-state index in [4.69, 9.17) is 37.6 Å². The van der Waals surface area contributed by atoms with Crippen molar-refractivity contribution >= 4 is 40.8 Å². The summed E-state index contributed by atoms with van der Waals surface area (Å²) in [6.45, 7) is 5.96. The lowest BCUT2D eigenvalue weighted by Gasteiger charge is -2.43. The molecule has 0 bridgehead atoms. The summed E-state index contributed by atoms with van der Waals surface area (Å²) in [7, 11) is 0. The maximum atomic E-state index is 13.5. The van der Waals surface area contributed by atoms with Crippen LogP contribution in [0.15, 0.2) is 51.9 Å². The number of rotatable bonds is 13. The highest BCUT2D eigenvalue weighted by molar-refractivity contribution is 5.88. The molecule has 4 rings (SSSR count). The van der Waals surface area contributed by atoms with E-state index in [0.29, 0.717) is 17.7 Å². The van der Waals surface area contributed by atoms with Gasteiger partial charge >= 0.3 is 29.8 Å². The molecule has 0 amide bonds. The molecule has 3 aromatic rings. The Hall–Kier alpha value is -5.44. The zero-order chi connectivity index (χ0) is 36.5. The van der Waals surface area contributed by atoms with Crippen LogP contribution in [0.1, 0.15) is 60.3 Å². The Morgan fingerprint density at radius 2 is 1.44 bits per heavy atom. The lowest BCUT2D eigenvalue weighted by atomic mass is 9.98. The zero-order valence-electron chi connectivity index (χ0n) is 28.1. The van der Waals surface area contributed by atoms with E-state index < -0.39 is 72.4 Å². The Bertz CT molecular complexity index is 1780. The molecule has 1 aromatic heterocycles. The van der Waals surface area contributed by atoms with Crippen molar-refractivity contribution in [1.82, 2.24) is 0 Å². The third-order valence-corrected chi connectivity index (χ3v) is 7.41. The fraction of sp³-hybridized carbons (Fsp3) is 0.429. The number of phenols is 1. The second-order valence-corrected chi connectivity index (χ2v) is 11.4. The number of hydrogen-bond donors (Lipinski definition) is 1. The van der Waals surface area contributed by atoms with Crippen LogP contribution < -0.4 is 14.9 Å². The number of carbonyl (C=O) groups is 5. The first-order valence-electron chi connectivity index (χ1n) is 15.8. The molecular weight excluding hydrogens is 660 g/mol. The fourth-order valence-corrected chi connectivity index (χ4v) is 5.30. The van der Waals surface area contributed by atoms with E-state index in [2.05, 4.69) is 0 Å². The van der Waals surface area contributed by atoms with Crippen molar-refractivity contribution in [3.8, 4) is 28.4 Å². The quantitative estimate of drug-likeness (QED) is 0.116. The van der Waals surface area contributed by atoms with Crippen LogP contribution in [0.5, 0.6) is 17.2 Å².